The predicted octanol–water partition coefficient (Wildman–Crippen LogP) is 2.31. The van der Waals surface area contributed by atoms with Crippen molar-refractivity contribution >= 4 is 11.9 Å². The van der Waals surface area contributed by atoms with E-state index in [0.29, 0.717) is 6.54 Å². The molecule has 2 rings (SSSR count). The van der Waals surface area contributed by atoms with Crippen LogP contribution in [0.2, 0.25) is 0 Å². The first-order chi connectivity index (χ1) is 11.0. The fourth-order valence-electron chi connectivity index (χ4n) is 1.74. The number of carboxylic acid groups (broad SMARTS) is 2. The highest BCUT2D eigenvalue weighted by atomic mass is 19.1. The third-order valence-electron chi connectivity index (χ3n) is 2.89. The Morgan fingerprint density at radius 3 is 2.04 bits per heavy atom. The zero-order valence-electron chi connectivity index (χ0n) is 12.4. The summed E-state index contributed by atoms with van der Waals surface area (Å²) < 4.78 is 13.3. The van der Waals surface area contributed by atoms with E-state index in [1.807, 2.05) is 30.3 Å². The molecule has 0 aromatic heterocycles. The summed E-state index contributed by atoms with van der Waals surface area (Å²) >= 11 is 0. The van der Waals surface area contributed by atoms with Crippen LogP contribution in [0.5, 0.6) is 0 Å². The summed E-state index contributed by atoms with van der Waals surface area (Å²) in [5, 5.41) is 18.0. The van der Waals surface area contributed by atoms with Crippen LogP contribution in [0, 0.1) is 5.82 Å². The fraction of sp³-hybridized carbons (Fsp3) is 0.176. The highest BCUT2D eigenvalue weighted by Crippen LogP contribution is 2.05. The molecule has 0 amide bonds. The highest BCUT2D eigenvalue weighted by molar-refractivity contribution is 6.27. The number of hydrogen-bond acceptors (Lipinski definition) is 3. The Labute approximate surface area is 133 Å². The van der Waals surface area contributed by atoms with E-state index in [-0.39, 0.29) is 5.82 Å². The van der Waals surface area contributed by atoms with E-state index in [1.165, 1.54) is 11.6 Å². The second-order valence-corrected chi connectivity index (χ2v) is 4.61. The summed E-state index contributed by atoms with van der Waals surface area (Å²) in [5.41, 5.74) is 2.02. The monoisotopic (exact) mass is 319 g/mol. The van der Waals surface area contributed by atoms with Crippen molar-refractivity contribution in [2.75, 3.05) is 6.54 Å². The molecule has 0 aliphatic rings. The molecule has 0 heterocycles. The Kier molecular flexibility index (Phi) is 8.02. The summed E-state index contributed by atoms with van der Waals surface area (Å²) in [6, 6.07) is 17.2. The summed E-state index contributed by atoms with van der Waals surface area (Å²) in [4.78, 5) is 18.2. The van der Waals surface area contributed by atoms with Crippen LogP contribution < -0.4 is 5.32 Å². The van der Waals surface area contributed by atoms with Gasteiger partial charge in [-0.15, -0.1) is 0 Å². The Bertz CT molecular complexity index is 620. The number of nitrogens with one attached hydrogen (secondary N) is 1. The average molecular weight is 319 g/mol. The number of carboxylic acids is 2. The van der Waals surface area contributed by atoms with Crippen molar-refractivity contribution in [3.63, 3.8) is 0 Å². The van der Waals surface area contributed by atoms with Gasteiger partial charge < -0.3 is 15.5 Å². The Hall–Kier alpha value is -2.73. The molecule has 3 N–H and O–H groups in total. The molecule has 0 unspecified atom stereocenters. The van der Waals surface area contributed by atoms with Gasteiger partial charge in [0, 0.05) is 12.1 Å². The van der Waals surface area contributed by atoms with Crippen LogP contribution >= 0.6 is 0 Å². The van der Waals surface area contributed by atoms with Crippen molar-refractivity contribution < 1.29 is 24.2 Å². The van der Waals surface area contributed by atoms with Crippen LogP contribution in [-0.2, 0) is 22.6 Å². The molecule has 2 aromatic rings. The van der Waals surface area contributed by atoms with Crippen molar-refractivity contribution in [2.45, 2.75) is 13.0 Å². The maximum absolute atomic E-state index is 13.3. The van der Waals surface area contributed by atoms with E-state index in [0.717, 1.165) is 18.5 Å². The fourth-order valence-corrected chi connectivity index (χ4v) is 1.74. The van der Waals surface area contributed by atoms with Crippen molar-refractivity contribution in [1.82, 2.24) is 5.32 Å². The van der Waals surface area contributed by atoms with E-state index in [1.54, 1.807) is 6.07 Å². The lowest BCUT2D eigenvalue weighted by atomic mass is 10.1. The molecule has 0 bridgehead atoms. The van der Waals surface area contributed by atoms with Crippen LogP contribution in [0.15, 0.2) is 54.6 Å². The molecule has 0 saturated carbocycles. The zero-order valence-corrected chi connectivity index (χ0v) is 12.4. The van der Waals surface area contributed by atoms with Crippen LogP contribution in [0.1, 0.15) is 11.1 Å². The first-order valence-corrected chi connectivity index (χ1v) is 6.95. The quantitative estimate of drug-likeness (QED) is 0.581. The van der Waals surface area contributed by atoms with Gasteiger partial charge in [0.25, 0.3) is 0 Å². The van der Waals surface area contributed by atoms with Crippen LogP contribution in [-0.4, -0.2) is 28.7 Å². The van der Waals surface area contributed by atoms with E-state index in [9.17, 15) is 4.39 Å². The largest absolute Gasteiger partial charge is 0.473 e. The molecule has 0 spiro atoms. The topological polar surface area (TPSA) is 86.6 Å². The molecule has 23 heavy (non-hydrogen) atoms. The molecule has 5 nitrogen and oxygen atoms in total. The van der Waals surface area contributed by atoms with E-state index < -0.39 is 11.9 Å². The lowest BCUT2D eigenvalue weighted by Gasteiger charge is -2.05. The Morgan fingerprint density at radius 2 is 1.48 bits per heavy atom. The maximum atomic E-state index is 13.3. The van der Waals surface area contributed by atoms with Gasteiger partial charge in [-0.25, -0.2) is 14.0 Å². The minimum atomic E-state index is -1.82. The number of rotatable bonds is 5. The number of aliphatic carboxylic acids is 2. The third-order valence-corrected chi connectivity index (χ3v) is 2.89. The summed E-state index contributed by atoms with van der Waals surface area (Å²) in [7, 11) is 0. The van der Waals surface area contributed by atoms with Crippen molar-refractivity contribution in [1.29, 1.82) is 0 Å². The van der Waals surface area contributed by atoms with Crippen molar-refractivity contribution in [3.05, 3.63) is 71.5 Å². The summed E-state index contributed by atoms with van der Waals surface area (Å²) in [5.74, 6) is -3.79. The van der Waals surface area contributed by atoms with Gasteiger partial charge in [-0.3, -0.25) is 0 Å². The molecule has 6 heteroatoms. The number of benzene rings is 2. The lowest BCUT2D eigenvalue weighted by molar-refractivity contribution is -0.159. The second kappa shape index (κ2) is 10.1. The molecule has 0 aliphatic heterocycles. The Balaban J connectivity index is 0.000000379. The van der Waals surface area contributed by atoms with Gasteiger partial charge in [-0.1, -0.05) is 48.5 Å². The average Bonchev–Trinajstić information content (AvgIpc) is 2.54. The predicted molar refractivity (Wildman–Crippen MR) is 83.5 cm³/mol. The highest BCUT2D eigenvalue weighted by Gasteiger charge is 2.04. The van der Waals surface area contributed by atoms with Gasteiger partial charge in [-0.2, -0.15) is 0 Å². The molecule has 0 atom stereocenters. The first kappa shape index (κ1) is 18.3. The van der Waals surface area contributed by atoms with Crippen LogP contribution in [0.25, 0.3) is 0 Å². The SMILES string of the molecule is Fc1ccccc1CNCCc1ccccc1.O=C(O)C(=O)O. The third kappa shape index (κ3) is 7.73. The molecule has 0 radical (unpaired) electrons. The van der Waals surface area contributed by atoms with E-state index in [2.05, 4.69) is 17.4 Å². The van der Waals surface area contributed by atoms with E-state index in [4.69, 9.17) is 19.8 Å². The Morgan fingerprint density at radius 1 is 0.913 bits per heavy atom. The number of halogens is 1. The van der Waals surface area contributed by atoms with Crippen LogP contribution in [0.3, 0.4) is 0 Å². The molecule has 0 aliphatic carbocycles. The van der Waals surface area contributed by atoms with Crippen molar-refractivity contribution in [3.8, 4) is 0 Å². The van der Waals surface area contributed by atoms with Gasteiger partial charge in [0.1, 0.15) is 5.82 Å². The second-order valence-electron chi connectivity index (χ2n) is 4.61. The van der Waals surface area contributed by atoms with Gasteiger partial charge in [0.2, 0.25) is 0 Å². The molecule has 122 valence electrons. The smallest absolute Gasteiger partial charge is 0.414 e. The lowest BCUT2D eigenvalue weighted by Crippen LogP contribution is -2.17. The standard InChI is InChI=1S/C15H16FN.C2H2O4/c16-15-9-5-4-8-14(15)12-17-11-10-13-6-2-1-3-7-13;3-1(4)2(5)6/h1-9,17H,10-12H2;(H,3,4)(H,5,6). The summed E-state index contributed by atoms with van der Waals surface area (Å²) in [6.07, 6.45) is 0.968. The summed E-state index contributed by atoms with van der Waals surface area (Å²) in [6.45, 7) is 1.44. The molecular formula is C17H18FNO4. The minimum Gasteiger partial charge on any atom is -0.473 e. The molecular weight excluding hydrogens is 301 g/mol. The van der Waals surface area contributed by atoms with Gasteiger partial charge in [-0.05, 0) is 24.6 Å². The maximum Gasteiger partial charge on any atom is 0.414 e. The van der Waals surface area contributed by atoms with Crippen LogP contribution in [0.4, 0.5) is 4.39 Å². The van der Waals surface area contributed by atoms with Gasteiger partial charge >= 0.3 is 11.9 Å². The zero-order chi connectivity index (χ0) is 17.1. The van der Waals surface area contributed by atoms with Gasteiger partial charge in [0.15, 0.2) is 0 Å². The number of carbonyl (C=O) groups is 2. The first-order valence-electron chi connectivity index (χ1n) is 6.95. The molecule has 0 fully saturated rings. The minimum absolute atomic E-state index is 0.139. The van der Waals surface area contributed by atoms with Crippen molar-refractivity contribution in [2.24, 2.45) is 0 Å². The number of hydrogen-bond donors (Lipinski definition) is 3. The molecule has 2 aromatic carbocycles. The normalized spacial score (nSPS) is 9.61. The van der Waals surface area contributed by atoms with E-state index >= 15 is 0 Å². The van der Waals surface area contributed by atoms with Gasteiger partial charge in [0.05, 0.1) is 0 Å². The molecule has 0 saturated heterocycles.